The van der Waals surface area contributed by atoms with Gasteiger partial charge in [-0.25, -0.2) is 4.79 Å². The molecule has 1 heterocycles. The lowest BCUT2D eigenvalue weighted by atomic mass is 10.1. The number of rotatable bonds is 6. The Balaban J connectivity index is 1.32. The van der Waals surface area contributed by atoms with Crippen LogP contribution < -0.4 is 15.7 Å². The van der Waals surface area contributed by atoms with Crippen LogP contribution >= 0.6 is 0 Å². The van der Waals surface area contributed by atoms with E-state index in [-0.39, 0.29) is 18.1 Å². The summed E-state index contributed by atoms with van der Waals surface area (Å²) in [6.07, 6.45) is 3.48. The highest BCUT2D eigenvalue weighted by Crippen LogP contribution is 2.25. The smallest absolute Gasteiger partial charge is 0.329 e. The van der Waals surface area contributed by atoms with Crippen LogP contribution in [0.25, 0.3) is 11.0 Å². The summed E-state index contributed by atoms with van der Waals surface area (Å²) in [5.41, 5.74) is 4.16. The van der Waals surface area contributed by atoms with Crippen molar-refractivity contribution in [3.63, 3.8) is 0 Å². The molecule has 1 aliphatic carbocycles. The second kappa shape index (κ2) is 7.31. The van der Waals surface area contributed by atoms with Crippen molar-refractivity contribution in [2.75, 3.05) is 13.2 Å². The fourth-order valence-electron chi connectivity index (χ4n) is 3.71. The average molecular weight is 365 g/mol. The zero-order chi connectivity index (χ0) is 18.8. The molecule has 0 aliphatic heterocycles. The van der Waals surface area contributed by atoms with Crippen LogP contribution in [0.2, 0.25) is 0 Å². The van der Waals surface area contributed by atoms with Crippen LogP contribution in [0.5, 0.6) is 5.75 Å². The van der Waals surface area contributed by atoms with E-state index < -0.39 is 0 Å². The van der Waals surface area contributed by atoms with Crippen LogP contribution in [0.1, 0.15) is 17.5 Å². The third kappa shape index (κ3) is 3.47. The average Bonchev–Trinajstić information content (AvgIpc) is 3.24. The number of imidazole rings is 1. The number of carbonyl (C=O) groups excluding carboxylic acids is 1. The maximum absolute atomic E-state index is 12.4. The molecular formula is C21H23N3O3. The molecule has 0 bridgehead atoms. The lowest BCUT2D eigenvalue weighted by Crippen LogP contribution is -2.34. The molecule has 1 amide bonds. The highest BCUT2D eigenvalue weighted by atomic mass is 16.5. The minimum absolute atomic E-state index is 0.000961. The van der Waals surface area contributed by atoms with E-state index in [4.69, 9.17) is 4.74 Å². The van der Waals surface area contributed by atoms with E-state index in [0.29, 0.717) is 13.2 Å². The summed E-state index contributed by atoms with van der Waals surface area (Å²) in [5, 5.41) is 2.82. The molecule has 3 aromatic rings. The maximum atomic E-state index is 12.4. The molecule has 140 valence electrons. The SMILES string of the molecule is Cn1c(=O)n(CC(=O)NCCOc2ccc3c(c2)CCC3)c2ccccc21. The second-order valence-electron chi connectivity index (χ2n) is 6.90. The number of para-hydroxylation sites is 2. The standard InChI is InChI=1S/C21H23N3O3/c1-23-18-7-2-3-8-19(18)24(21(23)26)14-20(25)22-11-12-27-17-10-9-15-5-4-6-16(15)13-17/h2-3,7-10,13H,4-6,11-12,14H2,1H3,(H,22,25). The molecule has 27 heavy (non-hydrogen) atoms. The molecule has 4 rings (SSSR count). The molecular weight excluding hydrogens is 342 g/mol. The summed E-state index contributed by atoms with van der Waals surface area (Å²) < 4.78 is 8.79. The van der Waals surface area contributed by atoms with Crippen molar-refractivity contribution in [3.8, 4) is 5.75 Å². The van der Waals surface area contributed by atoms with Crippen molar-refractivity contribution in [1.29, 1.82) is 0 Å². The van der Waals surface area contributed by atoms with Crippen molar-refractivity contribution >= 4 is 16.9 Å². The minimum Gasteiger partial charge on any atom is -0.492 e. The predicted molar refractivity (Wildman–Crippen MR) is 104 cm³/mol. The number of benzene rings is 2. The zero-order valence-electron chi connectivity index (χ0n) is 15.4. The molecule has 0 saturated heterocycles. The number of aromatic nitrogens is 2. The quantitative estimate of drug-likeness (QED) is 0.680. The number of nitrogens with one attached hydrogen (secondary N) is 1. The fourth-order valence-corrected chi connectivity index (χ4v) is 3.71. The van der Waals surface area contributed by atoms with Crippen LogP contribution in [0.3, 0.4) is 0 Å². The largest absolute Gasteiger partial charge is 0.492 e. The molecule has 0 fully saturated rings. The van der Waals surface area contributed by atoms with E-state index in [2.05, 4.69) is 17.4 Å². The second-order valence-corrected chi connectivity index (χ2v) is 6.90. The lowest BCUT2D eigenvalue weighted by Gasteiger charge is -2.09. The molecule has 0 spiro atoms. The van der Waals surface area contributed by atoms with Crippen molar-refractivity contribution in [2.45, 2.75) is 25.8 Å². The Hall–Kier alpha value is -3.02. The Labute approximate surface area is 157 Å². The third-order valence-electron chi connectivity index (χ3n) is 5.12. The van der Waals surface area contributed by atoms with Crippen molar-refractivity contribution in [3.05, 3.63) is 64.1 Å². The Morgan fingerprint density at radius 2 is 1.89 bits per heavy atom. The van der Waals surface area contributed by atoms with Crippen LogP contribution in [-0.4, -0.2) is 28.2 Å². The maximum Gasteiger partial charge on any atom is 0.329 e. The van der Waals surface area contributed by atoms with Crippen LogP contribution in [0.15, 0.2) is 47.3 Å². The first kappa shape index (κ1) is 17.4. The summed E-state index contributed by atoms with van der Waals surface area (Å²) >= 11 is 0. The number of nitrogens with zero attached hydrogens (tertiary/aromatic N) is 2. The number of hydrogen-bond acceptors (Lipinski definition) is 3. The van der Waals surface area contributed by atoms with E-state index in [0.717, 1.165) is 29.6 Å². The van der Waals surface area contributed by atoms with Gasteiger partial charge in [0, 0.05) is 7.05 Å². The van der Waals surface area contributed by atoms with Crippen LogP contribution in [0.4, 0.5) is 0 Å². The first-order valence-corrected chi connectivity index (χ1v) is 9.29. The Kier molecular flexibility index (Phi) is 4.71. The van der Waals surface area contributed by atoms with Crippen molar-refractivity contribution < 1.29 is 9.53 Å². The van der Waals surface area contributed by atoms with Gasteiger partial charge in [-0.05, 0) is 54.7 Å². The molecule has 0 saturated carbocycles. The Morgan fingerprint density at radius 1 is 1.11 bits per heavy atom. The summed E-state index contributed by atoms with van der Waals surface area (Å²) in [4.78, 5) is 24.6. The van der Waals surface area contributed by atoms with Crippen molar-refractivity contribution in [1.82, 2.24) is 14.5 Å². The number of hydrogen-bond donors (Lipinski definition) is 1. The molecule has 1 aliphatic rings. The topological polar surface area (TPSA) is 65.3 Å². The molecule has 6 heteroatoms. The highest BCUT2D eigenvalue weighted by Gasteiger charge is 2.13. The van der Waals surface area contributed by atoms with Gasteiger partial charge in [0.05, 0.1) is 17.6 Å². The molecule has 6 nitrogen and oxygen atoms in total. The molecule has 0 unspecified atom stereocenters. The van der Waals surface area contributed by atoms with Gasteiger partial charge in [-0.3, -0.25) is 13.9 Å². The van der Waals surface area contributed by atoms with E-state index in [1.165, 1.54) is 22.1 Å². The molecule has 2 aromatic carbocycles. The van der Waals surface area contributed by atoms with Gasteiger partial charge in [-0.1, -0.05) is 18.2 Å². The van der Waals surface area contributed by atoms with Crippen LogP contribution in [0, 0.1) is 0 Å². The van der Waals surface area contributed by atoms with Gasteiger partial charge in [0.2, 0.25) is 5.91 Å². The molecule has 0 atom stereocenters. The lowest BCUT2D eigenvalue weighted by molar-refractivity contribution is -0.121. The van der Waals surface area contributed by atoms with Gasteiger partial charge < -0.3 is 10.1 Å². The molecule has 0 radical (unpaired) electrons. The van der Waals surface area contributed by atoms with E-state index in [9.17, 15) is 9.59 Å². The van der Waals surface area contributed by atoms with Crippen molar-refractivity contribution in [2.24, 2.45) is 7.05 Å². The fraction of sp³-hybridized carbons (Fsp3) is 0.333. The first-order valence-electron chi connectivity index (χ1n) is 9.29. The van der Waals surface area contributed by atoms with Gasteiger partial charge in [0.15, 0.2) is 0 Å². The third-order valence-corrected chi connectivity index (χ3v) is 5.12. The number of amides is 1. The summed E-state index contributed by atoms with van der Waals surface area (Å²) in [6, 6.07) is 13.7. The number of aryl methyl sites for hydroxylation is 3. The summed E-state index contributed by atoms with van der Waals surface area (Å²) in [7, 11) is 1.71. The van der Waals surface area contributed by atoms with Gasteiger partial charge in [0.1, 0.15) is 18.9 Å². The summed E-state index contributed by atoms with van der Waals surface area (Å²) in [5.74, 6) is 0.640. The number of carbonyl (C=O) groups is 1. The first-order chi connectivity index (χ1) is 13.1. The Morgan fingerprint density at radius 3 is 2.74 bits per heavy atom. The molecule has 1 aromatic heterocycles. The zero-order valence-corrected chi connectivity index (χ0v) is 15.4. The number of ether oxygens (including phenoxy) is 1. The van der Waals surface area contributed by atoms with Gasteiger partial charge in [-0.15, -0.1) is 0 Å². The normalized spacial score (nSPS) is 12.9. The monoisotopic (exact) mass is 365 g/mol. The highest BCUT2D eigenvalue weighted by molar-refractivity contribution is 5.80. The number of fused-ring (bicyclic) bond motifs is 2. The van der Waals surface area contributed by atoms with Gasteiger partial charge in [-0.2, -0.15) is 0 Å². The van der Waals surface area contributed by atoms with Gasteiger partial charge in [0.25, 0.3) is 0 Å². The van der Waals surface area contributed by atoms with Crippen LogP contribution in [-0.2, 0) is 31.2 Å². The van der Waals surface area contributed by atoms with E-state index in [1.807, 2.05) is 30.3 Å². The minimum atomic E-state index is -0.203. The van der Waals surface area contributed by atoms with Gasteiger partial charge >= 0.3 is 5.69 Å². The molecule has 1 N–H and O–H groups in total. The van der Waals surface area contributed by atoms with E-state index in [1.54, 1.807) is 11.6 Å². The summed E-state index contributed by atoms with van der Waals surface area (Å²) in [6.45, 7) is 0.795. The predicted octanol–water partition coefficient (Wildman–Crippen LogP) is 2.02. The van der Waals surface area contributed by atoms with E-state index >= 15 is 0 Å². The Bertz CT molecular complexity index is 1050.